The van der Waals surface area contributed by atoms with E-state index in [-0.39, 0.29) is 12.5 Å². The van der Waals surface area contributed by atoms with Gasteiger partial charge in [-0.2, -0.15) is 0 Å². The van der Waals surface area contributed by atoms with Crippen molar-refractivity contribution >= 4 is 11.6 Å². The molecule has 26 heavy (non-hydrogen) atoms. The number of nitrogens with zero attached hydrogens (tertiary/aromatic N) is 1. The predicted octanol–water partition coefficient (Wildman–Crippen LogP) is 3.56. The van der Waals surface area contributed by atoms with E-state index >= 15 is 0 Å². The van der Waals surface area contributed by atoms with Gasteiger partial charge in [-0.05, 0) is 67.1 Å². The first-order valence-corrected chi connectivity index (χ1v) is 9.43. The van der Waals surface area contributed by atoms with Gasteiger partial charge in [-0.1, -0.05) is 36.4 Å². The number of amides is 1. The van der Waals surface area contributed by atoms with Crippen molar-refractivity contribution in [1.29, 1.82) is 0 Å². The average Bonchev–Trinajstić information content (AvgIpc) is 2.66. The Labute approximate surface area is 155 Å². The maximum Gasteiger partial charge on any atom is 0.221 e. The van der Waals surface area contributed by atoms with E-state index in [9.17, 15) is 9.90 Å². The average molecular weight is 352 g/mol. The van der Waals surface area contributed by atoms with Crippen LogP contribution in [-0.2, 0) is 17.8 Å². The van der Waals surface area contributed by atoms with Gasteiger partial charge >= 0.3 is 0 Å². The molecule has 0 unspecified atom stereocenters. The molecule has 1 saturated heterocycles. The summed E-state index contributed by atoms with van der Waals surface area (Å²) in [5.74, 6) is 0.519. The molecule has 0 aliphatic carbocycles. The smallest absolute Gasteiger partial charge is 0.221 e. The van der Waals surface area contributed by atoms with Crippen LogP contribution in [0.4, 0.5) is 5.69 Å². The summed E-state index contributed by atoms with van der Waals surface area (Å²) in [6.45, 7) is 4.89. The number of hydrogen-bond acceptors (Lipinski definition) is 3. The molecule has 1 fully saturated rings. The Balaban J connectivity index is 1.51. The molecule has 138 valence electrons. The molecule has 1 aliphatic rings. The van der Waals surface area contributed by atoms with Crippen molar-refractivity contribution in [1.82, 2.24) is 4.90 Å². The SMILES string of the molecule is CC(=O)Nc1cccc(CCN2CCC(c3ccccc3CO)CC2)c1. The van der Waals surface area contributed by atoms with E-state index in [0.717, 1.165) is 50.1 Å². The maximum absolute atomic E-state index is 11.2. The van der Waals surface area contributed by atoms with Crippen molar-refractivity contribution in [2.24, 2.45) is 0 Å². The molecule has 2 N–H and O–H groups in total. The first kappa shape index (κ1) is 18.6. The number of carbonyl (C=O) groups is 1. The van der Waals surface area contributed by atoms with E-state index in [1.54, 1.807) is 0 Å². The molecule has 0 atom stereocenters. The predicted molar refractivity (Wildman–Crippen MR) is 105 cm³/mol. The maximum atomic E-state index is 11.2. The van der Waals surface area contributed by atoms with E-state index in [1.165, 1.54) is 18.1 Å². The molecule has 0 saturated carbocycles. The molecule has 2 aromatic carbocycles. The first-order chi connectivity index (χ1) is 12.7. The molecule has 0 bridgehead atoms. The lowest BCUT2D eigenvalue weighted by molar-refractivity contribution is -0.114. The van der Waals surface area contributed by atoms with E-state index < -0.39 is 0 Å². The Morgan fingerprint density at radius 3 is 2.65 bits per heavy atom. The van der Waals surface area contributed by atoms with Gasteiger partial charge in [-0.15, -0.1) is 0 Å². The number of benzene rings is 2. The fourth-order valence-electron chi connectivity index (χ4n) is 3.84. The van der Waals surface area contributed by atoms with Crippen LogP contribution in [0.2, 0.25) is 0 Å². The molecule has 1 heterocycles. The zero-order valence-electron chi connectivity index (χ0n) is 15.4. The molecule has 3 rings (SSSR count). The van der Waals surface area contributed by atoms with E-state index in [4.69, 9.17) is 0 Å². The van der Waals surface area contributed by atoms with Crippen molar-refractivity contribution < 1.29 is 9.90 Å². The van der Waals surface area contributed by atoms with Crippen LogP contribution in [-0.4, -0.2) is 35.5 Å². The molecule has 0 aromatic heterocycles. The molecule has 1 aliphatic heterocycles. The van der Waals surface area contributed by atoms with Gasteiger partial charge in [-0.25, -0.2) is 0 Å². The van der Waals surface area contributed by atoms with Crippen molar-refractivity contribution in [3.05, 3.63) is 65.2 Å². The first-order valence-electron chi connectivity index (χ1n) is 9.43. The summed E-state index contributed by atoms with van der Waals surface area (Å²) >= 11 is 0. The number of anilines is 1. The lowest BCUT2D eigenvalue weighted by Crippen LogP contribution is -2.34. The second-order valence-corrected chi connectivity index (χ2v) is 7.10. The van der Waals surface area contributed by atoms with Crippen LogP contribution in [0.5, 0.6) is 0 Å². The van der Waals surface area contributed by atoms with Crippen molar-refractivity contribution in [3.63, 3.8) is 0 Å². The monoisotopic (exact) mass is 352 g/mol. The number of piperidine rings is 1. The van der Waals surface area contributed by atoms with Crippen molar-refractivity contribution in [3.8, 4) is 0 Å². The number of hydrogen-bond donors (Lipinski definition) is 2. The number of carbonyl (C=O) groups excluding carboxylic acids is 1. The minimum Gasteiger partial charge on any atom is -0.392 e. The van der Waals surface area contributed by atoms with Gasteiger partial charge in [0.1, 0.15) is 0 Å². The van der Waals surface area contributed by atoms with Crippen LogP contribution < -0.4 is 5.32 Å². The zero-order chi connectivity index (χ0) is 18.4. The molecular weight excluding hydrogens is 324 g/mol. The Morgan fingerprint density at radius 2 is 1.92 bits per heavy atom. The van der Waals surface area contributed by atoms with Crippen molar-refractivity contribution in [2.75, 3.05) is 25.0 Å². The highest BCUT2D eigenvalue weighted by Gasteiger charge is 2.21. The zero-order valence-corrected chi connectivity index (χ0v) is 15.4. The van der Waals surface area contributed by atoms with Gasteiger partial charge in [0.05, 0.1) is 6.61 Å². The van der Waals surface area contributed by atoms with Gasteiger partial charge < -0.3 is 15.3 Å². The summed E-state index contributed by atoms with van der Waals surface area (Å²) < 4.78 is 0. The van der Waals surface area contributed by atoms with Crippen LogP contribution in [0.3, 0.4) is 0 Å². The fraction of sp³-hybridized carbons (Fsp3) is 0.409. The summed E-state index contributed by atoms with van der Waals surface area (Å²) in [6.07, 6.45) is 3.28. The molecule has 0 spiro atoms. The molecule has 2 aromatic rings. The summed E-state index contributed by atoms with van der Waals surface area (Å²) in [6, 6.07) is 16.4. The van der Waals surface area contributed by atoms with Crippen LogP contribution >= 0.6 is 0 Å². The summed E-state index contributed by atoms with van der Waals surface area (Å²) in [4.78, 5) is 13.7. The second kappa shape index (κ2) is 8.97. The van der Waals surface area contributed by atoms with Gasteiger partial charge in [0.25, 0.3) is 0 Å². The topological polar surface area (TPSA) is 52.6 Å². The number of likely N-dealkylation sites (tertiary alicyclic amines) is 1. The van der Waals surface area contributed by atoms with Crippen LogP contribution in [0.15, 0.2) is 48.5 Å². The lowest BCUT2D eigenvalue weighted by atomic mass is 9.86. The van der Waals surface area contributed by atoms with E-state index in [2.05, 4.69) is 34.5 Å². The van der Waals surface area contributed by atoms with Crippen LogP contribution in [0.1, 0.15) is 42.4 Å². The quantitative estimate of drug-likeness (QED) is 0.836. The minimum absolute atomic E-state index is 0.0348. The van der Waals surface area contributed by atoms with Gasteiger partial charge in [0.2, 0.25) is 5.91 Å². The Bertz CT molecular complexity index is 736. The molecule has 0 radical (unpaired) electrons. The number of rotatable bonds is 6. The Kier molecular flexibility index (Phi) is 6.42. The van der Waals surface area contributed by atoms with Gasteiger partial charge in [0.15, 0.2) is 0 Å². The Hall–Kier alpha value is -2.17. The van der Waals surface area contributed by atoms with Crippen LogP contribution in [0, 0.1) is 0 Å². The second-order valence-electron chi connectivity index (χ2n) is 7.10. The number of aliphatic hydroxyl groups is 1. The van der Waals surface area contributed by atoms with Crippen molar-refractivity contribution in [2.45, 2.75) is 38.7 Å². The summed E-state index contributed by atoms with van der Waals surface area (Å²) in [5.41, 5.74) is 4.51. The molecule has 1 amide bonds. The van der Waals surface area contributed by atoms with E-state index in [1.807, 2.05) is 24.3 Å². The standard InChI is InChI=1S/C22H28N2O2/c1-17(26)23-21-7-4-5-18(15-21)9-12-24-13-10-19(11-14-24)22-8-3-2-6-20(22)16-25/h2-8,15,19,25H,9-14,16H2,1H3,(H,23,26). The third-order valence-corrected chi connectivity index (χ3v) is 5.22. The van der Waals surface area contributed by atoms with Crippen LogP contribution in [0.25, 0.3) is 0 Å². The number of aliphatic hydroxyl groups excluding tert-OH is 1. The highest BCUT2D eigenvalue weighted by Crippen LogP contribution is 2.30. The molecule has 4 heteroatoms. The largest absolute Gasteiger partial charge is 0.392 e. The summed E-state index contributed by atoms with van der Waals surface area (Å²) in [5, 5.41) is 12.4. The fourth-order valence-corrected chi connectivity index (χ4v) is 3.84. The lowest BCUT2D eigenvalue weighted by Gasteiger charge is -2.33. The normalized spacial score (nSPS) is 15.8. The molecule has 4 nitrogen and oxygen atoms in total. The number of nitrogens with one attached hydrogen (secondary N) is 1. The highest BCUT2D eigenvalue weighted by atomic mass is 16.3. The third-order valence-electron chi connectivity index (χ3n) is 5.22. The summed E-state index contributed by atoms with van der Waals surface area (Å²) in [7, 11) is 0. The third kappa shape index (κ3) is 4.93. The van der Waals surface area contributed by atoms with Gasteiger partial charge in [0, 0.05) is 19.2 Å². The van der Waals surface area contributed by atoms with E-state index in [0.29, 0.717) is 5.92 Å². The highest BCUT2D eigenvalue weighted by molar-refractivity contribution is 5.88. The minimum atomic E-state index is -0.0348. The Morgan fingerprint density at radius 1 is 1.15 bits per heavy atom. The molecular formula is C22H28N2O2. The van der Waals surface area contributed by atoms with Gasteiger partial charge in [-0.3, -0.25) is 4.79 Å².